The van der Waals surface area contributed by atoms with Crippen LogP contribution in [0.4, 0.5) is 4.39 Å². The minimum absolute atomic E-state index is 0.0248. The normalized spacial score (nSPS) is 11.7. The van der Waals surface area contributed by atoms with Gasteiger partial charge in [-0.3, -0.25) is 4.79 Å². The van der Waals surface area contributed by atoms with E-state index in [-0.39, 0.29) is 17.7 Å². The number of halogens is 1. The molecule has 0 aliphatic heterocycles. The summed E-state index contributed by atoms with van der Waals surface area (Å²) in [6.45, 7) is 1.63. The van der Waals surface area contributed by atoms with Crippen molar-refractivity contribution in [3.05, 3.63) is 29.6 Å². The molecule has 5 nitrogen and oxygen atoms in total. The van der Waals surface area contributed by atoms with Gasteiger partial charge in [-0.15, -0.1) is 0 Å². The SMILES string of the molecule is CC[C@H](NC(=O)c1ccc(OC)c(F)c1)C(=O)O. The van der Waals surface area contributed by atoms with Crippen molar-refractivity contribution in [2.45, 2.75) is 19.4 Å². The van der Waals surface area contributed by atoms with Gasteiger partial charge in [-0.1, -0.05) is 6.92 Å². The molecular formula is C12H14FNO4. The van der Waals surface area contributed by atoms with Crippen LogP contribution in [0.5, 0.6) is 5.75 Å². The number of carboxylic acids is 1. The van der Waals surface area contributed by atoms with Crippen molar-refractivity contribution in [1.29, 1.82) is 0 Å². The van der Waals surface area contributed by atoms with Crippen LogP contribution in [-0.4, -0.2) is 30.1 Å². The van der Waals surface area contributed by atoms with Crippen LogP contribution in [0.2, 0.25) is 0 Å². The van der Waals surface area contributed by atoms with Gasteiger partial charge in [-0.05, 0) is 24.6 Å². The number of carboxylic acid groups (broad SMARTS) is 1. The van der Waals surface area contributed by atoms with E-state index >= 15 is 0 Å². The predicted molar refractivity (Wildman–Crippen MR) is 62.1 cm³/mol. The lowest BCUT2D eigenvalue weighted by molar-refractivity contribution is -0.139. The zero-order valence-corrected chi connectivity index (χ0v) is 10.1. The van der Waals surface area contributed by atoms with Gasteiger partial charge in [-0.2, -0.15) is 0 Å². The first-order valence-corrected chi connectivity index (χ1v) is 5.36. The summed E-state index contributed by atoms with van der Waals surface area (Å²) in [5.41, 5.74) is 0.0491. The Bertz CT molecular complexity index is 461. The first-order valence-electron chi connectivity index (χ1n) is 5.36. The second-order valence-electron chi connectivity index (χ2n) is 3.62. The van der Waals surface area contributed by atoms with Crippen molar-refractivity contribution in [3.63, 3.8) is 0 Å². The number of hydrogen-bond acceptors (Lipinski definition) is 3. The average molecular weight is 255 g/mol. The molecule has 1 amide bonds. The number of carbonyl (C=O) groups excluding carboxylic acids is 1. The van der Waals surface area contributed by atoms with Crippen LogP contribution in [0.1, 0.15) is 23.7 Å². The Morgan fingerprint density at radius 1 is 1.50 bits per heavy atom. The molecular weight excluding hydrogens is 241 g/mol. The molecule has 0 heterocycles. The number of nitrogens with one attached hydrogen (secondary N) is 1. The maximum absolute atomic E-state index is 13.4. The summed E-state index contributed by atoms with van der Waals surface area (Å²) in [5.74, 6) is -2.41. The first-order chi connectivity index (χ1) is 8.49. The molecule has 0 radical (unpaired) electrons. The van der Waals surface area contributed by atoms with Gasteiger partial charge in [0.2, 0.25) is 0 Å². The smallest absolute Gasteiger partial charge is 0.326 e. The molecule has 0 aromatic heterocycles. The highest BCUT2D eigenvalue weighted by atomic mass is 19.1. The van der Waals surface area contributed by atoms with Gasteiger partial charge in [-0.25, -0.2) is 9.18 Å². The lowest BCUT2D eigenvalue weighted by Crippen LogP contribution is -2.40. The maximum atomic E-state index is 13.4. The van der Waals surface area contributed by atoms with Gasteiger partial charge < -0.3 is 15.2 Å². The third-order valence-electron chi connectivity index (χ3n) is 2.43. The third-order valence-corrected chi connectivity index (χ3v) is 2.43. The Labute approximate surface area is 104 Å². The van der Waals surface area contributed by atoms with Crippen molar-refractivity contribution in [2.24, 2.45) is 0 Å². The first kappa shape index (κ1) is 14.0. The summed E-state index contributed by atoms with van der Waals surface area (Å²) in [5, 5.41) is 11.1. The van der Waals surface area contributed by atoms with Crippen LogP contribution in [0.3, 0.4) is 0 Å². The van der Waals surface area contributed by atoms with Crippen molar-refractivity contribution in [2.75, 3.05) is 7.11 Å². The quantitative estimate of drug-likeness (QED) is 0.834. The highest BCUT2D eigenvalue weighted by Crippen LogP contribution is 2.17. The van der Waals surface area contributed by atoms with Crippen LogP contribution < -0.4 is 10.1 Å². The number of rotatable bonds is 5. The van der Waals surface area contributed by atoms with E-state index in [0.717, 1.165) is 6.07 Å². The van der Waals surface area contributed by atoms with E-state index in [1.807, 2.05) is 0 Å². The highest BCUT2D eigenvalue weighted by molar-refractivity contribution is 5.96. The van der Waals surface area contributed by atoms with E-state index in [9.17, 15) is 14.0 Å². The summed E-state index contributed by atoms with van der Waals surface area (Å²) < 4.78 is 18.1. The number of hydrogen-bond donors (Lipinski definition) is 2. The molecule has 1 atom stereocenters. The van der Waals surface area contributed by atoms with Crippen LogP contribution in [0, 0.1) is 5.82 Å². The molecule has 1 aromatic carbocycles. The van der Waals surface area contributed by atoms with Gasteiger partial charge in [0.05, 0.1) is 7.11 Å². The van der Waals surface area contributed by atoms with Crippen LogP contribution in [0.25, 0.3) is 0 Å². The fraction of sp³-hybridized carbons (Fsp3) is 0.333. The van der Waals surface area contributed by atoms with Crippen LogP contribution in [0.15, 0.2) is 18.2 Å². The van der Waals surface area contributed by atoms with Gasteiger partial charge in [0.25, 0.3) is 5.91 Å². The Balaban J connectivity index is 2.84. The number of benzene rings is 1. The highest BCUT2D eigenvalue weighted by Gasteiger charge is 2.19. The van der Waals surface area contributed by atoms with Crippen molar-refractivity contribution >= 4 is 11.9 Å². The van der Waals surface area contributed by atoms with E-state index in [1.165, 1.54) is 19.2 Å². The molecule has 0 unspecified atom stereocenters. The molecule has 98 valence electrons. The molecule has 1 rings (SSSR count). The Kier molecular flexibility index (Phi) is 4.65. The Hall–Kier alpha value is -2.11. The molecule has 0 spiro atoms. The fourth-order valence-electron chi connectivity index (χ4n) is 1.39. The molecule has 0 fully saturated rings. The standard InChI is InChI=1S/C12H14FNO4/c1-3-9(12(16)17)14-11(15)7-4-5-10(18-2)8(13)6-7/h4-6,9H,3H2,1-2H3,(H,14,15)(H,16,17)/t9-/m0/s1. The molecule has 2 N–H and O–H groups in total. The zero-order valence-electron chi connectivity index (χ0n) is 10.1. The molecule has 6 heteroatoms. The van der Waals surface area contributed by atoms with Crippen LogP contribution >= 0.6 is 0 Å². The summed E-state index contributed by atoms with van der Waals surface area (Å²) in [7, 11) is 1.32. The molecule has 0 bridgehead atoms. The summed E-state index contributed by atoms with van der Waals surface area (Å²) in [6, 6.07) is 2.70. The topological polar surface area (TPSA) is 75.6 Å². The predicted octanol–water partition coefficient (Wildman–Crippen LogP) is 1.43. The van der Waals surface area contributed by atoms with E-state index in [0.29, 0.717) is 0 Å². The van der Waals surface area contributed by atoms with E-state index in [4.69, 9.17) is 9.84 Å². The van der Waals surface area contributed by atoms with E-state index in [2.05, 4.69) is 5.32 Å². The number of amides is 1. The van der Waals surface area contributed by atoms with E-state index in [1.54, 1.807) is 6.92 Å². The van der Waals surface area contributed by atoms with Gasteiger partial charge in [0.1, 0.15) is 6.04 Å². The zero-order chi connectivity index (χ0) is 13.7. The van der Waals surface area contributed by atoms with E-state index < -0.39 is 23.7 Å². The minimum atomic E-state index is -1.13. The Morgan fingerprint density at radius 2 is 2.17 bits per heavy atom. The lowest BCUT2D eigenvalue weighted by atomic mass is 10.1. The largest absolute Gasteiger partial charge is 0.494 e. The number of methoxy groups -OCH3 is 1. The van der Waals surface area contributed by atoms with Crippen molar-refractivity contribution < 1.29 is 23.8 Å². The molecule has 0 saturated heterocycles. The molecule has 1 aromatic rings. The second kappa shape index (κ2) is 6.00. The fourth-order valence-corrected chi connectivity index (χ4v) is 1.39. The van der Waals surface area contributed by atoms with Gasteiger partial charge in [0.15, 0.2) is 11.6 Å². The second-order valence-corrected chi connectivity index (χ2v) is 3.62. The number of aliphatic carboxylic acids is 1. The minimum Gasteiger partial charge on any atom is -0.494 e. The maximum Gasteiger partial charge on any atom is 0.326 e. The van der Waals surface area contributed by atoms with Crippen molar-refractivity contribution in [3.8, 4) is 5.75 Å². The van der Waals surface area contributed by atoms with Gasteiger partial charge in [0, 0.05) is 5.56 Å². The number of ether oxygens (including phenoxy) is 1. The summed E-state index contributed by atoms with van der Waals surface area (Å²) in [6.07, 6.45) is 0.250. The summed E-state index contributed by atoms with van der Waals surface area (Å²) in [4.78, 5) is 22.4. The summed E-state index contributed by atoms with van der Waals surface area (Å²) >= 11 is 0. The third kappa shape index (κ3) is 3.19. The van der Waals surface area contributed by atoms with Crippen LogP contribution in [-0.2, 0) is 4.79 Å². The lowest BCUT2D eigenvalue weighted by Gasteiger charge is -2.12. The average Bonchev–Trinajstić information content (AvgIpc) is 2.35. The molecule has 18 heavy (non-hydrogen) atoms. The number of carbonyl (C=O) groups is 2. The monoisotopic (exact) mass is 255 g/mol. The molecule has 0 aliphatic carbocycles. The van der Waals surface area contributed by atoms with Gasteiger partial charge >= 0.3 is 5.97 Å². The molecule has 0 saturated carbocycles. The van der Waals surface area contributed by atoms with Crippen molar-refractivity contribution in [1.82, 2.24) is 5.32 Å². The Morgan fingerprint density at radius 3 is 2.61 bits per heavy atom. The molecule has 0 aliphatic rings.